The van der Waals surface area contributed by atoms with E-state index in [2.05, 4.69) is 12.2 Å². The molecule has 2 atom stereocenters. The number of hydrogen-bond acceptors (Lipinski definition) is 2. The minimum absolute atomic E-state index is 0.0709. The van der Waals surface area contributed by atoms with Crippen molar-refractivity contribution in [3.05, 3.63) is 29.8 Å². The van der Waals surface area contributed by atoms with E-state index in [1.807, 2.05) is 43.1 Å². The highest BCUT2D eigenvalue weighted by molar-refractivity contribution is 5.89. The normalized spacial score (nSPS) is 25.4. The minimum atomic E-state index is -0.202. The summed E-state index contributed by atoms with van der Waals surface area (Å²) in [7, 11) is 1.87. The summed E-state index contributed by atoms with van der Waals surface area (Å²) in [5.74, 6) is 0.622. The van der Waals surface area contributed by atoms with Gasteiger partial charge < -0.3 is 16.0 Å². The smallest absolute Gasteiger partial charge is 0.322 e. The van der Waals surface area contributed by atoms with Crippen LogP contribution in [0.3, 0.4) is 0 Å². The van der Waals surface area contributed by atoms with Crippen LogP contribution in [-0.2, 0) is 0 Å². The Kier molecular flexibility index (Phi) is 4.88. The molecule has 2 unspecified atom stereocenters. The first-order valence-corrected chi connectivity index (χ1v) is 7.78. The topological polar surface area (TPSA) is 58.4 Å². The molecule has 0 aliphatic heterocycles. The number of urea groups is 1. The Hall–Kier alpha value is -1.55. The molecular formula is C17H27N3O. The summed E-state index contributed by atoms with van der Waals surface area (Å²) in [5.41, 5.74) is 7.84. The fraction of sp³-hybridized carbons (Fsp3) is 0.588. The molecule has 21 heavy (non-hydrogen) atoms. The van der Waals surface area contributed by atoms with E-state index in [4.69, 9.17) is 5.73 Å². The van der Waals surface area contributed by atoms with Gasteiger partial charge in [0.25, 0.3) is 0 Å². The van der Waals surface area contributed by atoms with E-state index in [9.17, 15) is 4.79 Å². The molecule has 116 valence electrons. The number of nitrogens with one attached hydrogen (secondary N) is 1. The van der Waals surface area contributed by atoms with Crippen molar-refractivity contribution in [3.63, 3.8) is 0 Å². The monoisotopic (exact) mass is 289 g/mol. The molecule has 0 spiro atoms. The van der Waals surface area contributed by atoms with Crippen LogP contribution in [0.15, 0.2) is 24.3 Å². The zero-order chi connectivity index (χ0) is 15.5. The molecule has 1 fully saturated rings. The maximum atomic E-state index is 12.5. The summed E-state index contributed by atoms with van der Waals surface area (Å²) in [6, 6.07) is 7.78. The van der Waals surface area contributed by atoms with E-state index >= 15 is 0 Å². The van der Waals surface area contributed by atoms with Gasteiger partial charge in [-0.3, -0.25) is 0 Å². The standard InChI is InChI=1S/C17H27N3O/c1-13-6-8-15(9-7-13)19-16(21)20(3)17(12-18)10-4-5-14(2)11-17/h6-9,14H,4-5,10-12,18H2,1-3H3,(H,19,21). The first kappa shape index (κ1) is 15.8. The molecule has 1 aliphatic carbocycles. The minimum Gasteiger partial charge on any atom is -0.328 e. The first-order valence-electron chi connectivity index (χ1n) is 7.78. The van der Waals surface area contributed by atoms with Crippen LogP contribution in [0.2, 0.25) is 0 Å². The zero-order valence-electron chi connectivity index (χ0n) is 13.4. The lowest BCUT2D eigenvalue weighted by Crippen LogP contribution is -2.57. The number of anilines is 1. The van der Waals surface area contributed by atoms with Crippen molar-refractivity contribution in [2.75, 3.05) is 18.9 Å². The SMILES string of the molecule is Cc1ccc(NC(=O)N(C)C2(CN)CCCC(C)C2)cc1. The van der Waals surface area contributed by atoms with Gasteiger partial charge in [-0.05, 0) is 37.8 Å². The number of amides is 2. The molecule has 0 bridgehead atoms. The molecule has 0 aromatic heterocycles. The lowest BCUT2D eigenvalue weighted by molar-refractivity contribution is 0.0910. The predicted molar refractivity (Wildman–Crippen MR) is 87.4 cm³/mol. The van der Waals surface area contributed by atoms with Crippen molar-refractivity contribution in [3.8, 4) is 0 Å². The van der Waals surface area contributed by atoms with E-state index in [1.54, 1.807) is 0 Å². The number of aryl methyl sites for hydroxylation is 1. The van der Waals surface area contributed by atoms with Gasteiger partial charge in [-0.2, -0.15) is 0 Å². The molecule has 0 heterocycles. The highest BCUT2D eigenvalue weighted by atomic mass is 16.2. The molecule has 1 aromatic carbocycles. The Morgan fingerprint density at radius 3 is 2.67 bits per heavy atom. The van der Waals surface area contributed by atoms with Crippen LogP contribution in [0.25, 0.3) is 0 Å². The number of nitrogens with zero attached hydrogens (tertiary/aromatic N) is 1. The van der Waals surface area contributed by atoms with Crippen LogP contribution < -0.4 is 11.1 Å². The second kappa shape index (κ2) is 6.48. The average molecular weight is 289 g/mol. The van der Waals surface area contributed by atoms with Crippen molar-refractivity contribution in [1.29, 1.82) is 0 Å². The molecule has 4 nitrogen and oxygen atoms in total. The van der Waals surface area contributed by atoms with Crippen LogP contribution in [0, 0.1) is 12.8 Å². The number of rotatable bonds is 3. The van der Waals surface area contributed by atoms with Crippen molar-refractivity contribution in [1.82, 2.24) is 4.90 Å². The van der Waals surface area contributed by atoms with Crippen molar-refractivity contribution >= 4 is 11.7 Å². The quantitative estimate of drug-likeness (QED) is 0.896. The Labute approximate surface area is 127 Å². The number of carbonyl (C=O) groups is 1. The highest BCUT2D eigenvalue weighted by Crippen LogP contribution is 2.35. The van der Waals surface area contributed by atoms with E-state index in [0.29, 0.717) is 12.5 Å². The number of nitrogens with two attached hydrogens (primary N) is 1. The molecular weight excluding hydrogens is 262 g/mol. The third kappa shape index (κ3) is 3.56. The Bertz CT molecular complexity index is 485. The molecule has 1 aromatic rings. The van der Waals surface area contributed by atoms with Gasteiger partial charge in [-0.15, -0.1) is 0 Å². The van der Waals surface area contributed by atoms with Gasteiger partial charge in [0.1, 0.15) is 0 Å². The van der Waals surface area contributed by atoms with E-state index < -0.39 is 0 Å². The maximum absolute atomic E-state index is 12.5. The maximum Gasteiger partial charge on any atom is 0.322 e. The summed E-state index contributed by atoms with van der Waals surface area (Å²) in [6.45, 7) is 4.80. The molecule has 4 heteroatoms. The predicted octanol–water partition coefficient (Wildman–Crippen LogP) is 3.37. The van der Waals surface area contributed by atoms with Gasteiger partial charge in [0.2, 0.25) is 0 Å². The van der Waals surface area contributed by atoms with E-state index in [1.165, 1.54) is 12.0 Å². The van der Waals surface area contributed by atoms with Crippen LogP contribution in [0.1, 0.15) is 38.2 Å². The Morgan fingerprint density at radius 2 is 2.10 bits per heavy atom. The summed E-state index contributed by atoms with van der Waals surface area (Å²) in [6.07, 6.45) is 4.35. The zero-order valence-corrected chi connectivity index (χ0v) is 13.4. The third-order valence-electron chi connectivity index (χ3n) is 4.77. The Morgan fingerprint density at radius 1 is 1.43 bits per heavy atom. The second-order valence-corrected chi connectivity index (χ2v) is 6.49. The number of benzene rings is 1. The summed E-state index contributed by atoms with van der Waals surface area (Å²) in [5, 5.41) is 2.97. The van der Waals surface area contributed by atoms with Gasteiger partial charge in [-0.25, -0.2) is 4.79 Å². The van der Waals surface area contributed by atoms with E-state index in [-0.39, 0.29) is 11.6 Å². The fourth-order valence-electron chi connectivity index (χ4n) is 3.32. The summed E-state index contributed by atoms with van der Waals surface area (Å²) >= 11 is 0. The van der Waals surface area contributed by atoms with Crippen LogP contribution in [0.5, 0.6) is 0 Å². The number of hydrogen-bond donors (Lipinski definition) is 2. The summed E-state index contributed by atoms with van der Waals surface area (Å²) in [4.78, 5) is 14.3. The second-order valence-electron chi connectivity index (χ2n) is 6.49. The van der Waals surface area contributed by atoms with Gasteiger partial charge in [-0.1, -0.05) is 37.5 Å². The largest absolute Gasteiger partial charge is 0.328 e. The molecule has 2 rings (SSSR count). The van der Waals surface area contributed by atoms with Gasteiger partial charge in [0.15, 0.2) is 0 Å². The molecule has 2 amide bonds. The van der Waals surface area contributed by atoms with Gasteiger partial charge in [0.05, 0.1) is 5.54 Å². The molecule has 0 radical (unpaired) electrons. The molecule has 3 N–H and O–H groups in total. The van der Waals surface area contributed by atoms with Crippen LogP contribution >= 0.6 is 0 Å². The number of carbonyl (C=O) groups excluding carboxylic acids is 1. The van der Waals surface area contributed by atoms with E-state index in [0.717, 1.165) is 24.9 Å². The van der Waals surface area contributed by atoms with Crippen molar-refractivity contribution in [2.24, 2.45) is 11.7 Å². The Balaban J connectivity index is 2.08. The molecule has 1 aliphatic rings. The molecule has 1 saturated carbocycles. The lowest BCUT2D eigenvalue weighted by Gasteiger charge is -2.45. The average Bonchev–Trinajstić information content (AvgIpc) is 2.48. The fourth-order valence-corrected chi connectivity index (χ4v) is 3.32. The summed E-state index contributed by atoms with van der Waals surface area (Å²) < 4.78 is 0. The third-order valence-corrected chi connectivity index (χ3v) is 4.77. The highest BCUT2D eigenvalue weighted by Gasteiger charge is 2.39. The number of likely N-dealkylation sites (N-methyl/N-ethyl adjacent to an activating group) is 1. The molecule has 0 saturated heterocycles. The first-order chi connectivity index (χ1) is 9.97. The van der Waals surface area contributed by atoms with Crippen LogP contribution in [-0.4, -0.2) is 30.1 Å². The lowest BCUT2D eigenvalue weighted by atomic mass is 9.75. The van der Waals surface area contributed by atoms with Gasteiger partial charge in [0, 0.05) is 19.3 Å². The van der Waals surface area contributed by atoms with Crippen LogP contribution in [0.4, 0.5) is 10.5 Å². The van der Waals surface area contributed by atoms with Crippen molar-refractivity contribution < 1.29 is 4.79 Å². The van der Waals surface area contributed by atoms with Gasteiger partial charge >= 0.3 is 6.03 Å². The van der Waals surface area contributed by atoms with Crippen molar-refractivity contribution in [2.45, 2.75) is 45.1 Å².